The first-order chi connectivity index (χ1) is 6.43. The highest BCUT2D eigenvalue weighted by molar-refractivity contribution is 5.95. The molecule has 1 aliphatic rings. The van der Waals surface area contributed by atoms with Crippen molar-refractivity contribution in [3.63, 3.8) is 0 Å². The van der Waals surface area contributed by atoms with E-state index in [-0.39, 0.29) is 11.5 Å². The molecule has 0 fully saturated rings. The monoisotopic (exact) mass is 192 g/mol. The van der Waals surface area contributed by atoms with E-state index in [0.717, 1.165) is 0 Å². The van der Waals surface area contributed by atoms with E-state index in [1.165, 1.54) is 4.57 Å². The van der Waals surface area contributed by atoms with Gasteiger partial charge in [-0.15, -0.1) is 0 Å². The highest BCUT2D eigenvalue weighted by Crippen LogP contribution is 2.19. The molecule has 0 aromatic carbocycles. The molecule has 0 bridgehead atoms. The van der Waals surface area contributed by atoms with E-state index >= 15 is 0 Å². The molecule has 14 heavy (non-hydrogen) atoms. The van der Waals surface area contributed by atoms with Gasteiger partial charge in [0.1, 0.15) is 11.4 Å². The van der Waals surface area contributed by atoms with Crippen molar-refractivity contribution in [2.45, 2.75) is 26.4 Å². The van der Waals surface area contributed by atoms with Crippen molar-refractivity contribution in [3.8, 4) is 0 Å². The number of amides is 1. The smallest absolute Gasteiger partial charge is 0.269 e. The first kappa shape index (κ1) is 8.99. The van der Waals surface area contributed by atoms with Crippen LogP contribution in [0.2, 0.25) is 0 Å². The minimum absolute atomic E-state index is 0.106. The van der Waals surface area contributed by atoms with E-state index in [1.807, 2.05) is 13.8 Å². The van der Waals surface area contributed by atoms with Crippen LogP contribution in [0.3, 0.4) is 0 Å². The van der Waals surface area contributed by atoms with Gasteiger partial charge >= 0.3 is 0 Å². The van der Waals surface area contributed by atoms with Gasteiger partial charge in [0.05, 0.1) is 0 Å². The Kier molecular flexibility index (Phi) is 1.58. The minimum Gasteiger partial charge on any atom is -0.328 e. The zero-order valence-corrected chi connectivity index (χ0v) is 8.42. The molecule has 1 N–H and O–H groups in total. The topological polar surface area (TPSA) is 51.1 Å². The summed E-state index contributed by atoms with van der Waals surface area (Å²) in [5, 5.41) is 2.75. The van der Waals surface area contributed by atoms with Gasteiger partial charge in [0, 0.05) is 5.56 Å². The van der Waals surface area contributed by atoms with Crippen molar-refractivity contribution in [3.05, 3.63) is 33.7 Å². The maximum Gasteiger partial charge on any atom is 0.269 e. The lowest BCUT2D eigenvalue weighted by Gasteiger charge is -2.21. The SMILES string of the molecule is Cc1ccc2n(c1=O)C(C)(C)NC2=O. The Hall–Kier alpha value is -1.58. The summed E-state index contributed by atoms with van der Waals surface area (Å²) in [6.45, 7) is 5.36. The Labute approximate surface area is 81.6 Å². The van der Waals surface area contributed by atoms with Gasteiger partial charge < -0.3 is 5.32 Å². The fourth-order valence-corrected chi connectivity index (χ4v) is 1.77. The number of carbonyl (C=O) groups excluding carboxylic acids is 1. The summed E-state index contributed by atoms with van der Waals surface area (Å²) >= 11 is 0. The summed E-state index contributed by atoms with van der Waals surface area (Å²) in [5.74, 6) is -0.188. The van der Waals surface area contributed by atoms with Crippen LogP contribution in [0.25, 0.3) is 0 Å². The third-order valence-electron chi connectivity index (χ3n) is 2.48. The number of nitrogens with zero attached hydrogens (tertiary/aromatic N) is 1. The van der Waals surface area contributed by atoms with Gasteiger partial charge in [-0.25, -0.2) is 0 Å². The van der Waals surface area contributed by atoms with Crippen LogP contribution in [0.15, 0.2) is 16.9 Å². The first-order valence-electron chi connectivity index (χ1n) is 4.49. The fraction of sp³-hybridized carbons (Fsp3) is 0.400. The van der Waals surface area contributed by atoms with Crippen LogP contribution in [-0.4, -0.2) is 10.5 Å². The van der Waals surface area contributed by atoms with Crippen molar-refractivity contribution in [1.82, 2.24) is 9.88 Å². The molecule has 0 unspecified atom stereocenters. The fourth-order valence-electron chi connectivity index (χ4n) is 1.77. The molecule has 0 saturated carbocycles. The second-order valence-corrected chi connectivity index (χ2v) is 4.06. The number of aromatic nitrogens is 1. The summed E-state index contributed by atoms with van der Waals surface area (Å²) in [7, 11) is 0. The molecule has 0 saturated heterocycles. The Balaban J connectivity index is 2.84. The van der Waals surface area contributed by atoms with E-state index in [9.17, 15) is 9.59 Å². The Morgan fingerprint density at radius 2 is 1.93 bits per heavy atom. The molecule has 0 radical (unpaired) electrons. The standard InChI is InChI=1S/C10H12N2O2/c1-6-4-5-7-8(13)11-10(2,3)12(7)9(6)14/h4-5H,1-3H3,(H,11,13). The molecule has 1 aromatic rings. The lowest BCUT2D eigenvalue weighted by Crippen LogP contribution is -2.42. The van der Waals surface area contributed by atoms with Crippen LogP contribution >= 0.6 is 0 Å². The molecule has 2 heterocycles. The predicted octanol–water partition coefficient (Wildman–Crippen LogP) is 0.593. The van der Waals surface area contributed by atoms with Crippen LogP contribution in [-0.2, 0) is 5.66 Å². The van der Waals surface area contributed by atoms with Gasteiger partial charge in [-0.05, 0) is 26.8 Å². The van der Waals surface area contributed by atoms with Crippen molar-refractivity contribution < 1.29 is 4.79 Å². The number of nitrogens with one attached hydrogen (secondary N) is 1. The maximum absolute atomic E-state index is 11.8. The summed E-state index contributed by atoms with van der Waals surface area (Å²) in [5.41, 5.74) is 0.366. The van der Waals surface area contributed by atoms with Crippen molar-refractivity contribution in [1.29, 1.82) is 0 Å². The Bertz CT molecular complexity index is 472. The molecule has 0 spiro atoms. The zero-order valence-electron chi connectivity index (χ0n) is 8.42. The second-order valence-electron chi connectivity index (χ2n) is 4.06. The summed E-state index contributed by atoms with van der Waals surface area (Å²) in [6.07, 6.45) is 0. The van der Waals surface area contributed by atoms with E-state index in [1.54, 1.807) is 19.1 Å². The van der Waals surface area contributed by atoms with Gasteiger partial charge in [0.2, 0.25) is 0 Å². The molecule has 4 nitrogen and oxygen atoms in total. The van der Waals surface area contributed by atoms with E-state index in [2.05, 4.69) is 5.32 Å². The highest BCUT2D eigenvalue weighted by Gasteiger charge is 2.35. The summed E-state index contributed by atoms with van der Waals surface area (Å²) in [4.78, 5) is 23.3. The summed E-state index contributed by atoms with van der Waals surface area (Å²) < 4.78 is 1.50. The molecule has 74 valence electrons. The van der Waals surface area contributed by atoms with Crippen molar-refractivity contribution >= 4 is 5.91 Å². The molecule has 1 aromatic heterocycles. The molecular formula is C10H12N2O2. The van der Waals surface area contributed by atoms with E-state index < -0.39 is 5.66 Å². The molecular weight excluding hydrogens is 180 g/mol. The normalized spacial score (nSPS) is 17.8. The largest absolute Gasteiger partial charge is 0.328 e. The van der Waals surface area contributed by atoms with Crippen LogP contribution < -0.4 is 10.9 Å². The van der Waals surface area contributed by atoms with Gasteiger partial charge in [-0.2, -0.15) is 0 Å². The molecule has 1 amide bonds. The first-order valence-corrected chi connectivity index (χ1v) is 4.49. The summed E-state index contributed by atoms with van der Waals surface area (Å²) in [6, 6.07) is 3.36. The molecule has 0 atom stereocenters. The molecule has 0 aliphatic carbocycles. The van der Waals surface area contributed by atoms with Crippen LogP contribution in [0.5, 0.6) is 0 Å². The highest BCUT2D eigenvalue weighted by atomic mass is 16.2. The minimum atomic E-state index is -0.616. The van der Waals surface area contributed by atoms with Gasteiger partial charge in [0.15, 0.2) is 0 Å². The maximum atomic E-state index is 11.8. The Morgan fingerprint density at radius 3 is 2.57 bits per heavy atom. The zero-order chi connectivity index (χ0) is 10.5. The predicted molar refractivity (Wildman–Crippen MR) is 52.2 cm³/mol. The van der Waals surface area contributed by atoms with Crippen LogP contribution in [0.1, 0.15) is 29.9 Å². The second kappa shape index (κ2) is 2.47. The van der Waals surface area contributed by atoms with Crippen LogP contribution in [0.4, 0.5) is 0 Å². The average molecular weight is 192 g/mol. The van der Waals surface area contributed by atoms with Gasteiger partial charge in [-0.3, -0.25) is 14.2 Å². The third kappa shape index (κ3) is 0.999. The quantitative estimate of drug-likeness (QED) is 0.654. The lowest BCUT2D eigenvalue weighted by molar-refractivity contribution is 0.0935. The van der Waals surface area contributed by atoms with Crippen molar-refractivity contribution in [2.24, 2.45) is 0 Å². The lowest BCUT2D eigenvalue weighted by atomic mass is 10.2. The number of aryl methyl sites for hydroxylation is 1. The molecule has 1 aliphatic heterocycles. The number of rotatable bonds is 0. The number of carbonyl (C=O) groups is 1. The molecule has 2 rings (SSSR count). The number of hydrogen-bond donors (Lipinski definition) is 1. The van der Waals surface area contributed by atoms with Gasteiger partial charge in [-0.1, -0.05) is 6.07 Å². The van der Waals surface area contributed by atoms with Gasteiger partial charge in [0.25, 0.3) is 11.5 Å². The average Bonchev–Trinajstić information content (AvgIpc) is 2.29. The Morgan fingerprint density at radius 1 is 1.29 bits per heavy atom. The third-order valence-corrected chi connectivity index (χ3v) is 2.48. The number of fused-ring (bicyclic) bond motifs is 1. The van der Waals surface area contributed by atoms with E-state index in [4.69, 9.17) is 0 Å². The van der Waals surface area contributed by atoms with Crippen LogP contribution in [0, 0.1) is 6.92 Å². The molecule has 4 heteroatoms. The number of pyridine rings is 1. The van der Waals surface area contributed by atoms with E-state index in [0.29, 0.717) is 11.3 Å². The number of hydrogen-bond acceptors (Lipinski definition) is 2. The van der Waals surface area contributed by atoms with Crippen molar-refractivity contribution in [2.75, 3.05) is 0 Å².